The number of amides is 1. The Morgan fingerprint density at radius 2 is 1.63 bits per heavy atom. The molecule has 0 bridgehead atoms. The lowest BCUT2D eigenvalue weighted by Gasteiger charge is -2.42. The third-order valence-corrected chi connectivity index (χ3v) is 5.65. The van der Waals surface area contributed by atoms with Crippen molar-refractivity contribution < 1.29 is 29.0 Å². The summed E-state index contributed by atoms with van der Waals surface area (Å²) in [6.07, 6.45) is 2.72. The van der Waals surface area contributed by atoms with Gasteiger partial charge in [0.2, 0.25) is 5.91 Å². The van der Waals surface area contributed by atoms with Crippen LogP contribution in [-0.2, 0) is 23.9 Å². The molecule has 1 heterocycles. The molecule has 1 saturated heterocycles. The molecule has 0 aromatic rings. The Hall–Kier alpha value is -1.63. The van der Waals surface area contributed by atoms with E-state index in [1.807, 2.05) is 0 Å². The van der Waals surface area contributed by atoms with E-state index in [1.54, 1.807) is 39.5 Å². The molecular weight excluding hydrogens is 350 g/mol. The maximum atomic E-state index is 12.6. The van der Waals surface area contributed by atoms with Crippen LogP contribution in [0.5, 0.6) is 0 Å². The van der Waals surface area contributed by atoms with Gasteiger partial charge < -0.3 is 19.5 Å². The first kappa shape index (κ1) is 21.7. The maximum Gasteiger partial charge on any atom is 0.310 e. The summed E-state index contributed by atoms with van der Waals surface area (Å²) in [7, 11) is 0. The molecule has 3 atom stereocenters. The minimum absolute atomic E-state index is 0.0294. The van der Waals surface area contributed by atoms with Gasteiger partial charge in [0.05, 0.1) is 23.5 Å². The summed E-state index contributed by atoms with van der Waals surface area (Å²) >= 11 is 0. The van der Waals surface area contributed by atoms with Gasteiger partial charge >= 0.3 is 11.9 Å². The van der Waals surface area contributed by atoms with Gasteiger partial charge in [-0.05, 0) is 59.8 Å². The predicted octanol–water partition coefficient (Wildman–Crippen LogP) is 2.62. The van der Waals surface area contributed by atoms with Gasteiger partial charge in [-0.2, -0.15) is 0 Å². The van der Waals surface area contributed by atoms with E-state index in [2.05, 4.69) is 0 Å². The Kier molecular flexibility index (Phi) is 6.55. The zero-order valence-electron chi connectivity index (χ0n) is 17.1. The zero-order chi connectivity index (χ0) is 20.4. The van der Waals surface area contributed by atoms with Crippen molar-refractivity contribution >= 4 is 17.8 Å². The van der Waals surface area contributed by atoms with E-state index in [0.29, 0.717) is 32.4 Å². The number of hydrogen-bond donors (Lipinski definition) is 1. The number of carbonyl (C=O) groups excluding carboxylic acids is 2. The van der Waals surface area contributed by atoms with Crippen molar-refractivity contribution in [2.75, 3.05) is 13.1 Å². The molecule has 27 heavy (non-hydrogen) atoms. The fourth-order valence-electron chi connectivity index (χ4n) is 4.07. The molecule has 1 saturated carbocycles. The molecule has 7 nitrogen and oxygen atoms in total. The van der Waals surface area contributed by atoms with Crippen molar-refractivity contribution in [3.63, 3.8) is 0 Å². The predicted molar refractivity (Wildman–Crippen MR) is 99.1 cm³/mol. The zero-order valence-corrected chi connectivity index (χ0v) is 17.1. The summed E-state index contributed by atoms with van der Waals surface area (Å²) in [5.74, 6) is -2.03. The molecule has 1 N–H and O–H groups in total. The Morgan fingerprint density at radius 3 is 2.11 bits per heavy atom. The summed E-state index contributed by atoms with van der Waals surface area (Å²) in [6, 6.07) is 0. The van der Waals surface area contributed by atoms with Gasteiger partial charge in [0.25, 0.3) is 0 Å². The quantitative estimate of drug-likeness (QED) is 0.750. The van der Waals surface area contributed by atoms with Gasteiger partial charge in [-0.25, -0.2) is 0 Å². The number of hydrogen-bond acceptors (Lipinski definition) is 5. The van der Waals surface area contributed by atoms with Crippen LogP contribution in [-0.4, -0.2) is 58.8 Å². The van der Waals surface area contributed by atoms with Gasteiger partial charge in [-0.15, -0.1) is 0 Å². The maximum absolute atomic E-state index is 12.6. The summed E-state index contributed by atoms with van der Waals surface area (Å²) in [4.78, 5) is 37.8. The van der Waals surface area contributed by atoms with Crippen LogP contribution in [0.15, 0.2) is 0 Å². The third-order valence-electron chi connectivity index (χ3n) is 5.65. The second-order valence-corrected chi connectivity index (χ2v) is 9.05. The standard InChI is InChI=1S/C20H33NO6/c1-13(22)21-10-8-14(9-11-21)26-15-6-7-16(17(23)27-19(2,3)4)20(5,12-15)18(24)25/h14-16H,6-12H2,1-5H3,(H,24,25)/t15-,16-,20+/m1/s1. The Balaban J connectivity index is 1.99. The number of esters is 1. The minimum Gasteiger partial charge on any atom is -0.481 e. The summed E-state index contributed by atoms with van der Waals surface area (Å²) in [6.45, 7) is 9.88. The molecule has 154 valence electrons. The van der Waals surface area contributed by atoms with Crippen molar-refractivity contribution in [1.29, 1.82) is 0 Å². The monoisotopic (exact) mass is 383 g/mol. The van der Waals surface area contributed by atoms with E-state index in [0.717, 1.165) is 12.8 Å². The van der Waals surface area contributed by atoms with E-state index >= 15 is 0 Å². The summed E-state index contributed by atoms with van der Waals surface area (Å²) in [5.41, 5.74) is -1.85. The van der Waals surface area contributed by atoms with Gasteiger partial charge in [0.1, 0.15) is 5.60 Å². The summed E-state index contributed by atoms with van der Waals surface area (Å²) < 4.78 is 11.6. The highest BCUT2D eigenvalue weighted by atomic mass is 16.6. The molecule has 0 aromatic carbocycles. The lowest BCUT2D eigenvalue weighted by molar-refractivity contribution is -0.181. The number of nitrogens with zero attached hydrogens (tertiary/aromatic N) is 1. The fraction of sp³-hybridized carbons (Fsp3) is 0.850. The molecule has 1 aliphatic heterocycles. The second kappa shape index (κ2) is 8.17. The van der Waals surface area contributed by atoms with Crippen molar-refractivity contribution in [2.45, 2.75) is 84.5 Å². The normalized spacial score (nSPS) is 30.0. The highest BCUT2D eigenvalue weighted by Gasteiger charge is 2.51. The smallest absolute Gasteiger partial charge is 0.310 e. The van der Waals surface area contributed by atoms with Gasteiger partial charge in [-0.1, -0.05) is 0 Å². The molecule has 1 amide bonds. The molecule has 1 aliphatic carbocycles. The van der Waals surface area contributed by atoms with Gasteiger partial charge in [-0.3, -0.25) is 14.4 Å². The Labute approximate surface area is 161 Å². The number of aliphatic carboxylic acids is 1. The van der Waals surface area contributed by atoms with Crippen LogP contribution in [0.4, 0.5) is 0 Å². The van der Waals surface area contributed by atoms with Crippen molar-refractivity contribution in [1.82, 2.24) is 4.90 Å². The second-order valence-electron chi connectivity index (χ2n) is 9.05. The van der Waals surface area contributed by atoms with Crippen LogP contribution in [0.1, 0.15) is 66.7 Å². The van der Waals surface area contributed by atoms with E-state index in [1.165, 1.54) is 0 Å². The molecule has 0 unspecified atom stereocenters. The average molecular weight is 383 g/mol. The van der Waals surface area contributed by atoms with Crippen LogP contribution < -0.4 is 0 Å². The van der Waals surface area contributed by atoms with E-state index in [4.69, 9.17) is 9.47 Å². The van der Waals surface area contributed by atoms with Crippen LogP contribution in [0.2, 0.25) is 0 Å². The van der Waals surface area contributed by atoms with E-state index < -0.39 is 28.9 Å². The van der Waals surface area contributed by atoms with Crippen molar-refractivity contribution in [3.05, 3.63) is 0 Å². The van der Waals surface area contributed by atoms with Gasteiger partial charge in [0.15, 0.2) is 0 Å². The van der Waals surface area contributed by atoms with Crippen molar-refractivity contribution in [3.8, 4) is 0 Å². The summed E-state index contributed by atoms with van der Waals surface area (Å²) in [5, 5.41) is 9.83. The molecule has 2 fully saturated rings. The average Bonchev–Trinajstić information content (AvgIpc) is 2.53. The molecular formula is C20H33NO6. The third kappa shape index (κ3) is 5.43. The fourth-order valence-corrected chi connectivity index (χ4v) is 4.07. The topological polar surface area (TPSA) is 93.1 Å². The molecule has 2 aliphatic rings. The lowest BCUT2D eigenvalue weighted by atomic mass is 9.66. The largest absolute Gasteiger partial charge is 0.481 e. The van der Waals surface area contributed by atoms with Crippen LogP contribution in [0, 0.1) is 11.3 Å². The Morgan fingerprint density at radius 1 is 1.04 bits per heavy atom. The highest BCUT2D eigenvalue weighted by molar-refractivity contribution is 5.84. The minimum atomic E-state index is -1.20. The number of carboxylic acid groups (broad SMARTS) is 1. The number of likely N-dealkylation sites (tertiary alicyclic amines) is 1. The van der Waals surface area contributed by atoms with E-state index in [-0.39, 0.29) is 18.1 Å². The van der Waals surface area contributed by atoms with Crippen LogP contribution in [0.25, 0.3) is 0 Å². The number of carbonyl (C=O) groups is 3. The number of piperidine rings is 1. The first-order valence-corrected chi connectivity index (χ1v) is 9.79. The number of carboxylic acids is 1. The molecule has 2 rings (SSSR count). The SMILES string of the molecule is CC(=O)N1CCC(O[C@@H]2CC[C@H](C(=O)OC(C)(C)C)[C@@](C)(C(=O)O)C2)CC1. The molecule has 7 heteroatoms. The van der Waals surface area contributed by atoms with E-state index in [9.17, 15) is 19.5 Å². The van der Waals surface area contributed by atoms with Crippen molar-refractivity contribution in [2.24, 2.45) is 11.3 Å². The first-order chi connectivity index (χ1) is 12.4. The molecule has 0 spiro atoms. The molecule has 0 radical (unpaired) electrons. The van der Waals surface area contributed by atoms with Crippen LogP contribution in [0.3, 0.4) is 0 Å². The van der Waals surface area contributed by atoms with Gasteiger partial charge in [0, 0.05) is 20.0 Å². The highest BCUT2D eigenvalue weighted by Crippen LogP contribution is 2.44. The first-order valence-electron chi connectivity index (χ1n) is 9.79. The Bertz CT molecular complexity index is 576. The number of rotatable bonds is 4. The number of ether oxygens (including phenoxy) is 2. The molecule has 0 aromatic heterocycles. The van der Waals surface area contributed by atoms with Crippen LogP contribution >= 0.6 is 0 Å². The lowest BCUT2D eigenvalue weighted by Crippen LogP contribution is -2.49.